The summed E-state index contributed by atoms with van der Waals surface area (Å²) in [6.45, 7) is 1.73. The van der Waals surface area contributed by atoms with E-state index >= 15 is 0 Å². The Bertz CT molecular complexity index is 1080. The molecule has 1 aliphatic heterocycles. The number of rotatable bonds is 5. The third-order valence-electron chi connectivity index (χ3n) is 5.58. The van der Waals surface area contributed by atoms with Crippen molar-refractivity contribution in [3.63, 3.8) is 0 Å². The number of carbonyl (C=O) groups excluding carboxylic acids is 1. The highest BCUT2D eigenvalue weighted by Crippen LogP contribution is 2.31. The second-order valence-corrected chi connectivity index (χ2v) is 9.27. The number of aryl methyl sites for hydroxylation is 1. The van der Waals surface area contributed by atoms with Crippen LogP contribution in [-0.2, 0) is 7.05 Å². The van der Waals surface area contributed by atoms with Crippen LogP contribution in [0.3, 0.4) is 0 Å². The summed E-state index contributed by atoms with van der Waals surface area (Å²) < 4.78 is 1.62. The van der Waals surface area contributed by atoms with Gasteiger partial charge in [-0.1, -0.05) is 0 Å². The van der Waals surface area contributed by atoms with Gasteiger partial charge in [0, 0.05) is 63.0 Å². The van der Waals surface area contributed by atoms with E-state index in [1.54, 1.807) is 35.3 Å². The van der Waals surface area contributed by atoms with E-state index in [1.165, 1.54) is 0 Å². The van der Waals surface area contributed by atoms with Crippen LogP contribution in [-0.4, -0.2) is 57.9 Å². The molecule has 1 fully saturated rings. The van der Waals surface area contributed by atoms with Gasteiger partial charge in [0.25, 0.3) is 5.91 Å². The molecule has 8 nitrogen and oxygen atoms in total. The van der Waals surface area contributed by atoms with Crippen molar-refractivity contribution in [1.29, 1.82) is 0 Å². The number of piperidine rings is 1. The summed E-state index contributed by atoms with van der Waals surface area (Å²) in [5.74, 6) is 0.783. The van der Waals surface area contributed by atoms with E-state index in [1.807, 2.05) is 31.6 Å². The summed E-state index contributed by atoms with van der Waals surface area (Å²) in [5.41, 5.74) is 2.60. The molecule has 0 atom stereocenters. The van der Waals surface area contributed by atoms with Crippen LogP contribution in [0.4, 0.5) is 17.2 Å². The molecule has 0 spiro atoms. The van der Waals surface area contributed by atoms with E-state index in [-0.39, 0.29) is 5.91 Å². The van der Waals surface area contributed by atoms with Gasteiger partial charge in [-0.25, -0.2) is 4.98 Å². The van der Waals surface area contributed by atoms with Crippen molar-refractivity contribution in [1.82, 2.24) is 19.7 Å². The fourth-order valence-electron chi connectivity index (χ4n) is 3.63. The van der Waals surface area contributed by atoms with Crippen LogP contribution < -0.4 is 15.5 Å². The van der Waals surface area contributed by atoms with Crippen LogP contribution >= 0.6 is 23.6 Å². The van der Waals surface area contributed by atoms with Crippen LogP contribution in [0, 0.1) is 0 Å². The summed E-state index contributed by atoms with van der Waals surface area (Å²) >= 11 is 7.18. The number of anilines is 3. The highest BCUT2D eigenvalue weighted by Gasteiger charge is 2.25. The number of nitrogens with one attached hydrogen (secondary N) is 2. The highest BCUT2D eigenvalue weighted by molar-refractivity contribution is 7.80. The number of carbonyl (C=O) groups is 1. The number of nitrogens with zero attached hydrogens (tertiary/aromatic N) is 5. The Labute approximate surface area is 197 Å². The molecule has 4 rings (SSSR count). The molecule has 32 heavy (non-hydrogen) atoms. The predicted octanol–water partition coefficient (Wildman–Crippen LogP) is 3.77. The molecule has 2 aromatic heterocycles. The topological polar surface area (TPSA) is 78.3 Å². The van der Waals surface area contributed by atoms with Crippen LogP contribution in [0.5, 0.6) is 0 Å². The first-order chi connectivity index (χ1) is 15.4. The summed E-state index contributed by atoms with van der Waals surface area (Å²) in [6, 6.07) is 9.99. The van der Waals surface area contributed by atoms with Crippen LogP contribution in [0.25, 0.3) is 0 Å². The van der Waals surface area contributed by atoms with Gasteiger partial charge in [-0.3, -0.25) is 9.48 Å². The van der Waals surface area contributed by atoms with Gasteiger partial charge in [0.1, 0.15) is 11.5 Å². The molecule has 10 heteroatoms. The average Bonchev–Trinajstić information content (AvgIpc) is 3.44. The molecule has 0 unspecified atom stereocenters. The lowest BCUT2D eigenvalue weighted by Gasteiger charge is -2.33. The maximum Gasteiger partial charge on any atom is 0.276 e. The van der Waals surface area contributed by atoms with Crippen molar-refractivity contribution in [3.8, 4) is 0 Å². The quantitative estimate of drug-likeness (QED) is 0.551. The molecule has 1 saturated heterocycles. The zero-order chi connectivity index (χ0) is 22.7. The fraction of sp³-hybridized carbons (Fsp3) is 0.364. The molecular weight excluding hydrogens is 442 g/mol. The van der Waals surface area contributed by atoms with Crippen molar-refractivity contribution in [3.05, 3.63) is 52.6 Å². The molecule has 1 aromatic carbocycles. The van der Waals surface area contributed by atoms with Crippen LogP contribution in [0.15, 0.2) is 41.9 Å². The van der Waals surface area contributed by atoms with Crippen molar-refractivity contribution in [2.24, 2.45) is 7.05 Å². The Morgan fingerprint density at radius 3 is 2.50 bits per heavy atom. The Morgan fingerprint density at radius 1 is 1.16 bits per heavy atom. The van der Waals surface area contributed by atoms with Crippen molar-refractivity contribution in [2.75, 3.05) is 42.7 Å². The Balaban J connectivity index is 1.29. The fourth-order valence-corrected chi connectivity index (χ4v) is 4.90. The SMILES string of the molecule is CN(C)c1ccc(NC(=S)N2CCC(c3nc(C(=O)Nc4ccnn4C)cs3)CC2)cc1. The highest BCUT2D eigenvalue weighted by atomic mass is 32.1. The molecule has 3 aromatic rings. The molecule has 168 valence electrons. The van der Waals surface area contributed by atoms with E-state index in [0.717, 1.165) is 47.4 Å². The average molecular weight is 470 g/mol. The molecule has 1 aliphatic rings. The Hall–Kier alpha value is -2.98. The van der Waals surface area contributed by atoms with Crippen LogP contribution in [0.2, 0.25) is 0 Å². The van der Waals surface area contributed by atoms with Crippen molar-refractivity contribution in [2.45, 2.75) is 18.8 Å². The van der Waals surface area contributed by atoms with Gasteiger partial charge in [0.05, 0.1) is 11.2 Å². The molecule has 2 N–H and O–H groups in total. The number of aromatic nitrogens is 3. The first-order valence-corrected chi connectivity index (χ1v) is 11.8. The zero-order valence-corrected chi connectivity index (χ0v) is 20.0. The number of hydrogen-bond donors (Lipinski definition) is 2. The largest absolute Gasteiger partial charge is 0.378 e. The second kappa shape index (κ2) is 9.66. The van der Waals surface area contributed by atoms with E-state index in [9.17, 15) is 4.79 Å². The Morgan fingerprint density at radius 2 is 1.88 bits per heavy atom. The van der Waals surface area contributed by atoms with Crippen LogP contribution in [0.1, 0.15) is 34.3 Å². The van der Waals surface area contributed by atoms with E-state index in [4.69, 9.17) is 12.2 Å². The van der Waals surface area contributed by atoms with E-state index in [0.29, 0.717) is 17.4 Å². The van der Waals surface area contributed by atoms with Gasteiger partial charge in [0.2, 0.25) is 0 Å². The van der Waals surface area contributed by atoms with E-state index < -0.39 is 0 Å². The summed E-state index contributed by atoms with van der Waals surface area (Å²) in [5, 5.41) is 13.8. The first kappa shape index (κ1) is 22.2. The molecule has 0 saturated carbocycles. The van der Waals surface area contributed by atoms with Gasteiger partial charge < -0.3 is 20.4 Å². The number of hydrogen-bond acceptors (Lipinski definition) is 6. The molecule has 1 amide bonds. The lowest BCUT2D eigenvalue weighted by Crippen LogP contribution is -2.40. The second-order valence-electron chi connectivity index (χ2n) is 8.00. The molecule has 0 aliphatic carbocycles. The summed E-state index contributed by atoms with van der Waals surface area (Å²) in [6.07, 6.45) is 3.56. The maximum absolute atomic E-state index is 12.5. The number of thiocarbonyl (C=S) groups is 1. The van der Waals surface area contributed by atoms with Crippen molar-refractivity contribution < 1.29 is 4.79 Å². The van der Waals surface area contributed by atoms with Gasteiger partial charge in [-0.15, -0.1) is 11.3 Å². The maximum atomic E-state index is 12.5. The molecule has 0 bridgehead atoms. The molecular formula is C22H27N7OS2. The number of thiazole rings is 1. The van der Waals surface area contributed by atoms with Crippen molar-refractivity contribution >= 4 is 51.8 Å². The standard InChI is InChI=1S/C22H27N7OS2/c1-27(2)17-6-4-16(5-7-17)24-22(31)29-12-9-15(10-13-29)21-25-18(14-32-21)20(30)26-19-8-11-23-28(19)3/h4-8,11,14-15H,9-10,12-13H2,1-3H3,(H,24,31)(H,26,30). The first-order valence-electron chi connectivity index (χ1n) is 10.5. The summed E-state index contributed by atoms with van der Waals surface area (Å²) in [4.78, 5) is 21.4. The minimum Gasteiger partial charge on any atom is -0.378 e. The van der Waals surface area contributed by atoms with Gasteiger partial charge in [-0.05, 0) is 49.3 Å². The predicted molar refractivity (Wildman–Crippen MR) is 134 cm³/mol. The summed E-state index contributed by atoms with van der Waals surface area (Å²) in [7, 11) is 5.83. The number of amides is 1. The molecule has 0 radical (unpaired) electrons. The van der Waals surface area contributed by atoms with Gasteiger partial charge >= 0.3 is 0 Å². The minimum absolute atomic E-state index is 0.209. The third kappa shape index (κ3) is 5.08. The monoisotopic (exact) mass is 469 g/mol. The molecule has 3 heterocycles. The van der Waals surface area contributed by atoms with Gasteiger partial charge in [0.15, 0.2) is 5.11 Å². The normalized spacial score (nSPS) is 14.3. The lowest BCUT2D eigenvalue weighted by molar-refractivity contribution is 0.102. The van der Waals surface area contributed by atoms with Gasteiger partial charge in [-0.2, -0.15) is 5.10 Å². The zero-order valence-electron chi connectivity index (χ0n) is 18.4. The minimum atomic E-state index is -0.209. The number of benzene rings is 1. The van der Waals surface area contributed by atoms with E-state index in [2.05, 4.69) is 42.6 Å². The lowest BCUT2D eigenvalue weighted by atomic mass is 9.98. The Kier molecular flexibility index (Phi) is 6.71. The smallest absolute Gasteiger partial charge is 0.276 e. The number of likely N-dealkylation sites (tertiary alicyclic amines) is 1. The third-order valence-corrected chi connectivity index (χ3v) is 6.95.